The van der Waals surface area contributed by atoms with Crippen LogP contribution in [-0.2, 0) is 15.9 Å². The Hall–Kier alpha value is -4.66. The lowest BCUT2D eigenvalue weighted by molar-refractivity contribution is 0.174. The molecule has 2 N–H and O–H groups in total. The van der Waals surface area contributed by atoms with Crippen LogP contribution in [0.15, 0.2) is 83.5 Å². The first-order valence-corrected chi connectivity index (χ1v) is 13.8. The van der Waals surface area contributed by atoms with Crippen LogP contribution in [0.4, 0.5) is 10.5 Å². The standard InChI is InChI=1S/C32H34N4O5/c1-20-14-26(24-6-4-5-7-25(24)33-20)34-32(37)35-31(11-9-21-8-10-27-30(15-21)41-19-40-27)36-13-12-22-16-28(38-2)29(39-3)17-23(22)18-36/h4-8,10,14-16,18,31H,9,11-13,17,19H2,1-3H3,(H2,33,34,35,37). The van der Waals surface area contributed by atoms with E-state index in [0.29, 0.717) is 12.8 Å². The number of nitrogens with one attached hydrogen (secondary N) is 2. The van der Waals surface area contributed by atoms with Crippen molar-refractivity contribution in [3.05, 3.63) is 94.7 Å². The molecule has 212 valence electrons. The number of allylic oxidation sites excluding steroid dienone is 2. The number of nitrogens with zero attached hydrogens (tertiary/aromatic N) is 2. The van der Waals surface area contributed by atoms with Gasteiger partial charge in [-0.2, -0.15) is 0 Å². The van der Waals surface area contributed by atoms with Gasteiger partial charge in [0.15, 0.2) is 17.3 Å². The Morgan fingerprint density at radius 1 is 1.07 bits per heavy atom. The minimum atomic E-state index is -0.265. The fraction of sp³-hybridized carbons (Fsp3) is 0.312. The molecule has 0 saturated carbocycles. The zero-order valence-corrected chi connectivity index (χ0v) is 23.5. The highest BCUT2D eigenvalue weighted by molar-refractivity contribution is 6.00. The van der Waals surface area contributed by atoms with E-state index in [4.69, 9.17) is 18.9 Å². The summed E-state index contributed by atoms with van der Waals surface area (Å²) in [6.07, 6.45) is 6.89. The lowest BCUT2D eigenvalue weighted by atomic mass is 9.91. The van der Waals surface area contributed by atoms with Gasteiger partial charge in [0, 0.05) is 30.2 Å². The molecule has 1 unspecified atom stereocenters. The Morgan fingerprint density at radius 2 is 1.93 bits per heavy atom. The van der Waals surface area contributed by atoms with Gasteiger partial charge in [-0.3, -0.25) is 4.98 Å². The topological polar surface area (TPSA) is 94.2 Å². The molecule has 0 bridgehead atoms. The Kier molecular flexibility index (Phi) is 7.41. The summed E-state index contributed by atoms with van der Waals surface area (Å²) in [5.74, 6) is 3.09. The first-order chi connectivity index (χ1) is 20.0. The van der Waals surface area contributed by atoms with Gasteiger partial charge in [-0.1, -0.05) is 24.3 Å². The average molecular weight is 555 g/mol. The number of methoxy groups -OCH3 is 2. The van der Waals surface area contributed by atoms with Crippen molar-refractivity contribution < 1.29 is 23.7 Å². The van der Waals surface area contributed by atoms with Crippen LogP contribution >= 0.6 is 0 Å². The number of anilines is 1. The maximum Gasteiger partial charge on any atom is 0.320 e. The highest BCUT2D eigenvalue weighted by atomic mass is 16.7. The molecule has 1 atom stereocenters. The smallest absolute Gasteiger partial charge is 0.320 e. The number of aromatic nitrogens is 1. The van der Waals surface area contributed by atoms with E-state index in [-0.39, 0.29) is 19.0 Å². The molecule has 0 radical (unpaired) electrons. The number of aryl methyl sites for hydroxylation is 2. The minimum Gasteiger partial charge on any atom is -0.497 e. The predicted octanol–water partition coefficient (Wildman–Crippen LogP) is 5.78. The van der Waals surface area contributed by atoms with E-state index in [9.17, 15) is 4.79 Å². The van der Waals surface area contributed by atoms with Crippen molar-refractivity contribution in [2.45, 2.75) is 38.8 Å². The number of hydrogen-bond acceptors (Lipinski definition) is 7. The SMILES string of the molecule is COC1=C(OC)CC2=CN(C(CCc3ccc4c(c3)OCO4)NC(=O)Nc3cc(C)nc4ccccc34)CCC2=C1. The molecular weight excluding hydrogens is 520 g/mol. The molecule has 2 amide bonds. The second-order valence-corrected chi connectivity index (χ2v) is 10.4. The fourth-order valence-electron chi connectivity index (χ4n) is 5.61. The summed E-state index contributed by atoms with van der Waals surface area (Å²) in [4.78, 5) is 20.3. The number of amides is 2. The van der Waals surface area contributed by atoms with Crippen molar-refractivity contribution >= 4 is 22.6 Å². The molecule has 0 spiro atoms. The van der Waals surface area contributed by atoms with Gasteiger partial charge < -0.3 is 34.5 Å². The zero-order chi connectivity index (χ0) is 28.3. The molecule has 3 aromatic rings. The van der Waals surface area contributed by atoms with Gasteiger partial charge in [-0.15, -0.1) is 0 Å². The van der Waals surface area contributed by atoms with E-state index in [2.05, 4.69) is 38.9 Å². The maximum atomic E-state index is 13.5. The van der Waals surface area contributed by atoms with Crippen molar-refractivity contribution in [1.82, 2.24) is 15.2 Å². The van der Waals surface area contributed by atoms with E-state index in [1.54, 1.807) is 14.2 Å². The largest absolute Gasteiger partial charge is 0.497 e. The van der Waals surface area contributed by atoms with Crippen LogP contribution in [0, 0.1) is 6.92 Å². The molecule has 6 rings (SSSR count). The second-order valence-electron chi connectivity index (χ2n) is 10.4. The van der Waals surface area contributed by atoms with E-state index < -0.39 is 0 Å². The summed E-state index contributed by atoms with van der Waals surface area (Å²) in [6.45, 7) is 2.93. The monoisotopic (exact) mass is 554 g/mol. The third-order valence-electron chi connectivity index (χ3n) is 7.70. The van der Waals surface area contributed by atoms with E-state index in [0.717, 1.165) is 70.3 Å². The molecule has 9 heteroatoms. The predicted molar refractivity (Wildman–Crippen MR) is 156 cm³/mol. The van der Waals surface area contributed by atoms with Gasteiger partial charge >= 0.3 is 6.03 Å². The normalized spacial score (nSPS) is 16.5. The highest BCUT2D eigenvalue weighted by Crippen LogP contribution is 2.36. The number of rotatable bonds is 8. The Balaban J connectivity index is 1.24. The molecule has 3 heterocycles. The molecular formula is C32H34N4O5. The molecule has 2 aromatic carbocycles. The Bertz CT molecular complexity index is 1580. The highest BCUT2D eigenvalue weighted by Gasteiger charge is 2.28. The van der Waals surface area contributed by atoms with Gasteiger partial charge in [-0.25, -0.2) is 4.79 Å². The molecule has 3 aliphatic rings. The van der Waals surface area contributed by atoms with Crippen LogP contribution in [-0.4, -0.2) is 49.6 Å². The number of ether oxygens (including phenoxy) is 4. The molecule has 1 aromatic heterocycles. The first kappa shape index (κ1) is 26.6. The van der Waals surface area contributed by atoms with Gasteiger partial charge in [-0.05, 0) is 73.2 Å². The molecule has 41 heavy (non-hydrogen) atoms. The summed E-state index contributed by atoms with van der Waals surface area (Å²) in [5.41, 5.74) is 5.94. The van der Waals surface area contributed by atoms with Crippen LogP contribution in [0.2, 0.25) is 0 Å². The Labute approximate surface area is 239 Å². The average Bonchev–Trinajstić information content (AvgIpc) is 3.46. The lowest BCUT2D eigenvalue weighted by Gasteiger charge is -2.37. The van der Waals surface area contributed by atoms with Crippen molar-refractivity contribution in [3.8, 4) is 11.5 Å². The summed E-state index contributed by atoms with van der Waals surface area (Å²) in [5, 5.41) is 7.23. The van der Waals surface area contributed by atoms with E-state index >= 15 is 0 Å². The lowest BCUT2D eigenvalue weighted by Crippen LogP contribution is -2.49. The first-order valence-electron chi connectivity index (χ1n) is 13.8. The molecule has 2 aliphatic heterocycles. The van der Waals surface area contributed by atoms with Crippen LogP contribution in [0.1, 0.15) is 30.5 Å². The number of carbonyl (C=O) groups excluding carboxylic acids is 1. The van der Waals surface area contributed by atoms with Crippen molar-refractivity contribution in [1.29, 1.82) is 0 Å². The molecule has 0 saturated heterocycles. The van der Waals surface area contributed by atoms with Gasteiger partial charge in [0.1, 0.15) is 11.9 Å². The number of fused-ring (bicyclic) bond motifs is 3. The number of hydrogen-bond donors (Lipinski definition) is 2. The minimum absolute atomic E-state index is 0.242. The van der Waals surface area contributed by atoms with Gasteiger partial charge in [0.2, 0.25) is 6.79 Å². The van der Waals surface area contributed by atoms with E-state index in [1.165, 1.54) is 11.1 Å². The molecule has 0 fully saturated rings. The quantitative estimate of drug-likeness (QED) is 0.365. The van der Waals surface area contributed by atoms with Crippen LogP contribution < -0.4 is 20.1 Å². The van der Waals surface area contributed by atoms with Crippen LogP contribution in [0.25, 0.3) is 10.9 Å². The molecule has 9 nitrogen and oxygen atoms in total. The number of pyridine rings is 1. The van der Waals surface area contributed by atoms with Crippen molar-refractivity contribution in [3.63, 3.8) is 0 Å². The number of benzene rings is 2. The zero-order valence-electron chi connectivity index (χ0n) is 23.5. The summed E-state index contributed by atoms with van der Waals surface area (Å²) in [6, 6.07) is 15.5. The van der Waals surface area contributed by atoms with Crippen LogP contribution in [0.3, 0.4) is 0 Å². The summed E-state index contributed by atoms with van der Waals surface area (Å²) in [7, 11) is 3.33. The number of carbonyl (C=O) groups is 1. The molecule has 1 aliphatic carbocycles. The van der Waals surface area contributed by atoms with Crippen LogP contribution in [0.5, 0.6) is 11.5 Å². The second kappa shape index (κ2) is 11.4. The maximum absolute atomic E-state index is 13.5. The number of urea groups is 1. The summed E-state index contributed by atoms with van der Waals surface area (Å²) < 4.78 is 22.2. The summed E-state index contributed by atoms with van der Waals surface area (Å²) >= 11 is 0. The third-order valence-corrected chi connectivity index (χ3v) is 7.70. The fourth-order valence-corrected chi connectivity index (χ4v) is 5.61. The van der Waals surface area contributed by atoms with Gasteiger partial charge in [0.05, 0.1) is 25.4 Å². The van der Waals surface area contributed by atoms with Crippen molar-refractivity contribution in [2.75, 3.05) is 32.9 Å². The number of para-hydroxylation sites is 1. The van der Waals surface area contributed by atoms with Gasteiger partial charge in [0.25, 0.3) is 0 Å². The van der Waals surface area contributed by atoms with Crippen molar-refractivity contribution in [2.24, 2.45) is 0 Å². The van der Waals surface area contributed by atoms with E-state index in [1.807, 2.05) is 49.4 Å². The third kappa shape index (κ3) is 5.66. The Morgan fingerprint density at radius 3 is 2.78 bits per heavy atom.